The van der Waals surface area contributed by atoms with Crippen molar-refractivity contribution in [3.8, 4) is 0 Å². The SMILES string of the molecule is CCOC(=O)C1(NC)CCCC1CCN(C)CC(C)(C)C. The smallest absolute Gasteiger partial charge is 0.326 e. The number of nitrogens with one attached hydrogen (secondary N) is 1. The van der Waals surface area contributed by atoms with E-state index in [0.29, 0.717) is 17.9 Å². The summed E-state index contributed by atoms with van der Waals surface area (Å²) in [6, 6.07) is 0. The summed E-state index contributed by atoms with van der Waals surface area (Å²) >= 11 is 0. The third-order valence-corrected chi connectivity index (χ3v) is 4.51. The first-order valence-corrected chi connectivity index (χ1v) is 8.30. The molecule has 1 aliphatic rings. The van der Waals surface area contributed by atoms with Crippen LogP contribution in [0.3, 0.4) is 0 Å². The van der Waals surface area contributed by atoms with Crippen LogP contribution in [0.4, 0.5) is 0 Å². The lowest BCUT2D eigenvalue weighted by Gasteiger charge is -2.34. The number of carbonyl (C=O) groups excluding carboxylic acids is 1. The third kappa shape index (κ3) is 4.96. The lowest BCUT2D eigenvalue weighted by atomic mass is 9.84. The summed E-state index contributed by atoms with van der Waals surface area (Å²) in [5.41, 5.74) is -0.149. The van der Waals surface area contributed by atoms with E-state index in [-0.39, 0.29) is 5.97 Å². The number of rotatable bonds is 7. The minimum atomic E-state index is -0.460. The lowest BCUT2D eigenvalue weighted by molar-refractivity contribution is -0.153. The highest BCUT2D eigenvalue weighted by Gasteiger charge is 2.48. The Morgan fingerprint density at radius 1 is 1.43 bits per heavy atom. The van der Waals surface area contributed by atoms with Gasteiger partial charge >= 0.3 is 5.97 Å². The van der Waals surface area contributed by atoms with Gasteiger partial charge in [0.25, 0.3) is 0 Å². The van der Waals surface area contributed by atoms with E-state index in [0.717, 1.165) is 38.8 Å². The van der Waals surface area contributed by atoms with Gasteiger partial charge in [-0.2, -0.15) is 0 Å². The Morgan fingerprint density at radius 3 is 2.62 bits per heavy atom. The van der Waals surface area contributed by atoms with Crippen LogP contribution in [-0.2, 0) is 9.53 Å². The van der Waals surface area contributed by atoms with Crippen molar-refractivity contribution >= 4 is 5.97 Å². The third-order valence-electron chi connectivity index (χ3n) is 4.51. The maximum atomic E-state index is 12.4. The molecule has 1 rings (SSSR count). The quantitative estimate of drug-likeness (QED) is 0.734. The van der Waals surface area contributed by atoms with Crippen LogP contribution in [0.15, 0.2) is 0 Å². The Kier molecular flexibility index (Phi) is 6.67. The molecule has 2 atom stereocenters. The molecule has 0 heterocycles. The fourth-order valence-electron chi connectivity index (χ4n) is 3.69. The molecule has 0 aliphatic heterocycles. The zero-order chi connectivity index (χ0) is 16.1. The largest absolute Gasteiger partial charge is 0.465 e. The van der Waals surface area contributed by atoms with Crippen molar-refractivity contribution < 1.29 is 9.53 Å². The van der Waals surface area contributed by atoms with Gasteiger partial charge in [0.1, 0.15) is 5.54 Å². The predicted molar refractivity (Wildman–Crippen MR) is 87.3 cm³/mol. The minimum Gasteiger partial charge on any atom is -0.465 e. The van der Waals surface area contributed by atoms with Crippen LogP contribution in [-0.4, -0.2) is 50.2 Å². The van der Waals surface area contributed by atoms with Gasteiger partial charge < -0.3 is 15.0 Å². The Morgan fingerprint density at radius 2 is 2.10 bits per heavy atom. The number of hydrogen-bond acceptors (Lipinski definition) is 4. The van der Waals surface area contributed by atoms with Gasteiger partial charge in [-0.25, -0.2) is 0 Å². The van der Waals surface area contributed by atoms with Crippen molar-refractivity contribution in [2.75, 3.05) is 33.8 Å². The standard InChI is InChI=1S/C17H34N2O2/c1-7-21-15(20)17(18-5)11-8-9-14(17)10-12-19(6)13-16(2,3)4/h14,18H,7-13H2,1-6H3. The highest BCUT2D eigenvalue weighted by Crippen LogP contribution is 2.39. The van der Waals surface area contributed by atoms with Gasteiger partial charge in [0.2, 0.25) is 0 Å². The van der Waals surface area contributed by atoms with E-state index < -0.39 is 5.54 Å². The van der Waals surface area contributed by atoms with Crippen LogP contribution >= 0.6 is 0 Å². The van der Waals surface area contributed by atoms with E-state index in [1.165, 1.54) is 0 Å². The van der Waals surface area contributed by atoms with Crippen molar-refractivity contribution in [2.45, 2.75) is 58.9 Å². The molecule has 1 saturated carbocycles. The highest BCUT2D eigenvalue weighted by molar-refractivity contribution is 5.81. The molecule has 124 valence electrons. The van der Waals surface area contributed by atoms with E-state index in [1.807, 2.05) is 14.0 Å². The summed E-state index contributed by atoms with van der Waals surface area (Å²) in [5, 5.41) is 3.29. The number of esters is 1. The van der Waals surface area contributed by atoms with Crippen molar-refractivity contribution in [2.24, 2.45) is 11.3 Å². The summed E-state index contributed by atoms with van der Waals surface area (Å²) in [6.07, 6.45) is 4.17. The van der Waals surface area contributed by atoms with Crippen LogP contribution in [0.2, 0.25) is 0 Å². The summed E-state index contributed by atoms with van der Waals surface area (Å²) in [6.45, 7) is 11.2. The number of ether oxygens (including phenoxy) is 1. The Labute approximate surface area is 130 Å². The summed E-state index contributed by atoms with van der Waals surface area (Å²) in [4.78, 5) is 14.8. The van der Waals surface area contributed by atoms with E-state index in [4.69, 9.17) is 4.74 Å². The van der Waals surface area contributed by atoms with Gasteiger partial charge in [0.15, 0.2) is 0 Å². The minimum absolute atomic E-state index is 0.0616. The summed E-state index contributed by atoms with van der Waals surface area (Å²) in [7, 11) is 4.07. The van der Waals surface area contributed by atoms with Gasteiger partial charge in [-0.3, -0.25) is 4.79 Å². The molecule has 0 aromatic carbocycles. The number of likely N-dealkylation sites (N-methyl/N-ethyl adjacent to an activating group) is 1. The van der Waals surface area contributed by atoms with E-state index in [9.17, 15) is 4.79 Å². The normalized spacial score (nSPS) is 26.3. The molecule has 2 unspecified atom stereocenters. The monoisotopic (exact) mass is 298 g/mol. The molecule has 4 heteroatoms. The van der Waals surface area contributed by atoms with E-state index >= 15 is 0 Å². The van der Waals surface area contributed by atoms with Gasteiger partial charge in [-0.05, 0) is 58.2 Å². The van der Waals surface area contributed by atoms with Gasteiger partial charge in [0, 0.05) is 6.54 Å². The molecule has 1 N–H and O–H groups in total. The molecule has 0 radical (unpaired) electrons. The predicted octanol–water partition coefficient (Wildman–Crippen LogP) is 2.68. The summed E-state index contributed by atoms with van der Waals surface area (Å²) < 4.78 is 5.32. The van der Waals surface area contributed by atoms with Crippen LogP contribution in [0, 0.1) is 11.3 Å². The highest BCUT2D eigenvalue weighted by atomic mass is 16.5. The fraction of sp³-hybridized carbons (Fsp3) is 0.941. The zero-order valence-corrected chi connectivity index (χ0v) is 14.8. The molecule has 4 nitrogen and oxygen atoms in total. The van der Waals surface area contributed by atoms with E-state index in [1.54, 1.807) is 0 Å². The first-order chi connectivity index (χ1) is 9.75. The zero-order valence-electron chi connectivity index (χ0n) is 14.8. The molecule has 1 fully saturated rings. The molecule has 21 heavy (non-hydrogen) atoms. The lowest BCUT2D eigenvalue weighted by Crippen LogP contribution is -2.54. The first-order valence-electron chi connectivity index (χ1n) is 8.30. The molecule has 0 saturated heterocycles. The second-order valence-electron chi connectivity index (χ2n) is 7.62. The van der Waals surface area contributed by atoms with Crippen LogP contribution in [0.25, 0.3) is 0 Å². The number of carbonyl (C=O) groups is 1. The van der Waals surface area contributed by atoms with Gasteiger partial charge in [-0.1, -0.05) is 27.2 Å². The molecule has 0 amide bonds. The Hall–Kier alpha value is -0.610. The van der Waals surface area contributed by atoms with Crippen molar-refractivity contribution in [3.63, 3.8) is 0 Å². The van der Waals surface area contributed by atoms with Crippen molar-refractivity contribution in [3.05, 3.63) is 0 Å². The number of hydrogen-bond donors (Lipinski definition) is 1. The van der Waals surface area contributed by atoms with Crippen LogP contribution < -0.4 is 5.32 Å². The first kappa shape index (κ1) is 18.4. The molecule has 0 aromatic heterocycles. The average molecular weight is 298 g/mol. The second-order valence-corrected chi connectivity index (χ2v) is 7.62. The maximum absolute atomic E-state index is 12.4. The molecule has 1 aliphatic carbocycles. The average Bonchev–Trinajstić information content (AvgIpc) is 2.78. The van der Waals surface area contributed by atoms with Crippen LogP contribution in [0.1, 0.15) is 53.4 Å². The Balaban J connectivity index is 2.62. The molecule has 0 spiro atoms. The second kappa shape index (κ2) is 7.59. The molecular formula is C17H34N2O2. The maximum Gasteiger partial charge on any atom is 0.326 e. The summed E-state index contributed by atoms with van der Waals surface area (Å²) in [5.74, 6) is 0.317. The van der Waals surface area contributed by atoms with Crippen molar-refractivity contribution in [1.82, 2.24) is 10.2 Å². The Bertz CT molecular complexity index is 338. The molecule has 0 aromatic rings. The van der Waals surface area contributed by atoms with E-state index in [2.05, 4.69) is 38.0 Å². The van der Waals surface area contributed by atoms with Crippen LogP contribution in [0.5, 0.6) is 0 Å². The van der Waals surface area contributed by atoms with Gasteiger partial charge in [-0.15, -0.1) is 0 Å². The van der Waals surface area contributed by atoms with Crippen molar-refractivity contribution in [1.29, 1.82) is 0 Å². The number of nitrogens with zero attached hydrogens (tertiary/aromatic N) is 1. The fourth-order valence-corrected chi connectivity index (χ4v) is 3.69. The molecule has 0 bridgehead atoms. The van der Waals surface area contributed by atoms with Gasteiger partial charge in [0.05, 0.1) is 6.61 Å². The topological polar surface area (TPSA) is 41.6 Å². The molecular weight excluding hydrogens is 264 g/mol.